The number of hydrogen-bond acceptors (Lipinski definition) is 3. The molecule has 0 bridgehead atoms. The van der Waals surface area contributed by atoms with Gasteiger partial charge in [0.15, 0.2) is 0 Å². The fraction of sp³-hybridized carbons (Fsp3) is 0.316. The minimum absolute atomic E-state index is 0.0652. The van der Waals surface area contributed by atoms with Crippen molar-refractivity contribution >= 4 is 22.8 Å². The molecular weight excluding hydrogens is 316 g/mol. The summed E-state index contributed by atoms with van der Waals surface area (Å²) < 4.78 is 3.45. The number of nitrogens with zero attached hydrogens (tertiary/aromatic N) is 3. The van der Waals surface area contributed by atoms with E-state index in [1.54, 1.807) is 15.2 Å². The third kappa shape index (κ3) is 3.63. The highest BCUT2D eigenvalue weighted by Crippen LogP contribution is 2.14. The Bertz CT molecular complexity index is 955. The summed E-state index contributed by atoms with van der Waals surface area (Å²) in [5.41, 5.74) is 2.55. The first-order valence-corrected chi connectivity index (χ1v) is 8.51. The van der Waals surface area contributed by atoms with Crippen LogP contribution in [0.2, 0.25) is 0 Å². The van der Waals surface area contributed by atoms with Crippen LogP contribution in [0.5, 0.6) is 0 Å². The molecule has 0 saturated carbocycles. The number of fused-ring (bicyclic) bond motifs is 1. The number of carbonyl (C=O) groups excluding carboxylic acids is 1. The van der Waals surface area contributed by atoms with Crippen LogP contribution >= 0.6 is 0 Å². The largest absolute Gasteiger partial charge is 0.329 e. The van der Waals surface area contributed by atoms with E-state index >= 15 is 0 Å². The summed E-state index contributed by atoms with van der Waals surface area (Å²) in [4.78, 5) is 29.1. The van der Waals surface area contributed by atoms with Crippen LogP contribution in [-0.4, -0.2) is 20.0 Å². The molecule has 3 aromatic rings. The topological polar surface area (TPSA) is 68.9 Å². The Hall–Kier alpha value is -2.89. The van der Waals surface area contributed by atoms with Gasteiger partial charge < -0.3 is 5.32 Å². The Morgan fingerprint density at radius 2 is 1.72 bits per heavy atom. The number of para-hydroxylation sites is 2. The molecule has 6 nitrogen and oxygen atoms in total. The Balaban J connectivity index is 1.78. The van der Waals surface area contributed by atoms with Crippen molar-refractivity contribution in [2.75, 3.05) is 5.32 Å². The molecule has 0 atom stereocenters. The van der Waals surface area contributed by atoms with Gasteiger partial charge in [0.1, 0.15) is 5.82 Å². The van der Waals surface area contributed by atoms with E-state index in [4.69, 9.17) is 0 Å². The summed E-state index contributed by atoms with van der Waals surface area (Å²) in [5.74, 6) is 0.378. The van der Waals surface area contributed by atoms with Gasteiger partial charge in [0.25, 0.3) is 0 Å². The average molecular weight is 338 g/mol. The van der Waals surface area contributed by atoms with E-state index < -0.39 is 0 Å². The summed E-state index contributed by atoms with van der Waals surface area (Å²) in [6.07, 6.45) is 1.10. The number of amides is 1. The second kappa shape index (κ2) is 7.34. The van der Waals surface area contributed by atoms with Crippen molar-refractivity contribution in [3.8, 4) is 0 Å². The van der Waals surface area contributed by atoms with Crippen molar-refractivity contribution in [2.45, 2.75) is 39.8 Å². The van der Waals surface area contributed by atoms with E-state index in [2.05, 4.69) is 10.3 Å². The molecule has 1 N–H and O–H groups in total. The second-order valence-corrected chi connectivity index (χ2v) is 6.04. The zero-order valence-electron chi connectivity index (χ0n) is 14.5. The molecular formula is C19H22N4O2. The van der Waals surface area contributed by atoms with E-state index in [0.29, 0.717) is 18.9 Å². The number of imidazole rings is 1. The summed E-state index contributed by atoms with van der Waals surface area (Å²) in [6, 6.07) is 13.2. The van der Waals surface area contributed by atoms with Gasteiger partial charge in [-0.2, -0.15) is 0 Å². The monoisotopic (exact) mass is 338 g/mol. The predicted molar refractivity (Wildman–Crippen MR) is 98.7 cm³/mol. The molecule has 25 heavy (non-hydrogen) atoms. The predicted octanol–water partition coefficient (Wildman–Crippen LogP) is 2.95. The molecule has 0 aliphatic rings. The average Bonchev–Trinajstić information content (AvgIpc) is 2.86. The lowest BCUT2D eigenvalue weighted by Gasteiger charge is -2.06. The zero-order chi connectivity index (χ0) is 17.8. The van der Waals surface area contributed by atoms with Crippen molar-refractivity contribution < 1.29 is 4.79 Å². The summed E-state index contributed by atoms with van der Waals surface area (Å²) in [6.45, 7) is 4.93. The number of anilines is 1. The highest BCUT2D eigenvalue weighted by molar-refractivity contribution is 5.89. The first-order valence-electron chi connectivity index (χ1n) is 8.51. The van der Waals surface area contributed by atoms with Crippen LogP contribution in [0.4, 0.5) is 5.82 Å². The van der Waals surface area contributed by atoms with Crippen LogP contribution in [-0.2, 0) is 17.9 Å². The minimum atomic E-state index is -0.155. The maximum atomic E-state index is 12.7. The number of pyridine rings is 1. The van der Waals surface area contributed by atoms with Gasteiger partial charge >= 0.3 is 5.69 Å². The fourth-order valence-corrected chi connectivity index (χ4v) is 2.96. The molecule has 6 heteroatoms. The number of aromatic nitrogens is 3. The Kier molecular flexibility index (Phi) is 4.97. The van der Waals surface area contributed by atoms with Gasteiger partial charge in [-0.25, -0.2) is 9.78 Å². The Morgan fingerprint density at radius 3 is 2.36 bits per heavy atom. The molecule has 0 saturated heterocycles. The molecule has 1 aromatic carbocycles. The molecule has 3 rings (SSSR count). The number of aryl methyl sites for hydroxylation is 3. The molecule has 1 amide bonds. The lowest BCUT2D eigenvalue weighted by atomic mass is 10.3. The van der Waals surface area contributed by atoms with Crippen LogP contribution in [0.1, 0.15) is 25.5 Å². The Morgan fingerprint density at radius 1 is 1.04 bits per heavy atom. The van der Waals surface area contributed by atoms with Crippen molar-refractivity contribution in [3.05, 3.63) is 58.6 Å². The number of benzene rings is 1. The molecule has 0 aliphatic heterocycles. The Labute approximate surface area is 146 Å². The van der Waals surface area contributed by atoms with E-state index in [9.17, 15) is 9.59 Å². The summed E-state index contributed by atoms with van der Waals surface area (Å²) in [5, 5.41) is 2.78. The normalized spacial score (nSPS) is 11.0. The first kappa shape index (κ1) is 17.0. The standard InChI is InChI=1S/C19H22N4O2/c1-3-12-22-15-8-4-5-9-16(15)23(19(22)25)13-11-18(24)21-17-10-6-7-14(2)20-17/h4-10H,3,11-13H2,1-2H3,(H,20,21,24). The lowest BCUT2D eigenvalue weighted by Crippen LogP contribution is -2.26. The van der Waals surface area contributed by atoms with Crippen LogP contribution in [0.3, 0.4) is 0 Å². The van der Waals surface area contributed by atoms with E-state index in [0.717, 1.165) is 23.1 Å². The fourth-order valence-electron chi connectivity index (χ4n) is 2.96. The van der Waals surface area contributed by atoms with Crippen LogP contribution < -0.4 is 11.0 Å². The molecule has 0 radical (unpaired) electrons. The number of nitrogens with one attached hydrogen (secondary N) is 1. The van der Waals surface area contributed by atoms with Gasteiger partial charge in [0.2, 0.25) is 5.91 Å². The minimum Gasteiger partial charge on any atom is -0.311 e. The van der Waals surface area contributed by atoms with Crippen LogP contribution in [0, 0.1) is 6.92 Å². The van der Waals surface area contributed by atoms with Gasteiger partial charge in [-0.3, -0.25) is 13.9 Å². The summed E-state index contributed by atoms with van der Waals surface area (Å²) >= 11 is 0. The number of rotatable bonds is 6. The molecule has 0 unspecified atom stereocenters. The number of hydrogen-bond donors (Lipinski definition) is 1. The zero-order valence-corrected chi connectivity index (χ0v) is 14.5. The smallest absolute Gasteiger partial charge is 0.311 e. The van der Waals surface area contributed by atoms with Crippen molar-refractivity contribution in [1.29, 1.82) is 0 Å². The van der Waals surface area contributed by atoms with Crippen molar-refractivity contribution in [3.63, 3.8) is 0 Å². The molecule has 2 heterocycles. The molecule has 0 aliphatic carbocycles. The van der Waals surface area contributed by atoms with Crippen molar-refractivity contribution in [2.24, 2.45) is 0 Å². The van der Waals surface area contributed by atoms with Crippen LogP contribution in [0.15, 0.2) is 47.3 Å². The maximum absolute atomic E-state index is 12.7. The highest BCUT2D eigenvalue weighted by atomic mass is 16.2. The van der Waals surface area contributed by atoms with Gasteiger partial charge in [0, 0.05) is 25.2 Å². The highest BCUT2D eigenvalue weighted by Gasteiger charge is 2.13. The molecule has 130 valence electrons. The lowest BCUT2D eigenvalue weighted by molar-refractivity contribution is -0.116. The third-order valence-corrected chi connectivity index (χ3v) is 4.09. The van der Waals surface area contributed by atoms with Gasteiger partial charge in [-0.05, 0) is 37.6 Å². The van der Waals surface area contributed by atoms with Crippen molar-refractivity contribution in [1.82, 2.24) is 14.1 Å². The van der Waals surface area contributed by atoms with Gasteiger partial charge in [-0.15, -0.1) is 0 Å². The number of carbonyl (C=O) groups is 1. The van der Waals surface area contributed by atoms with E-state index in [-0.39, 0.29) is 18.0 Å². The maximum Gasteiger partial charge on any atom is 0.329 e. The van der Waals surface area contributed by atoms with E-state index in [1.807, 2.05) is 50.2 Å². The van der Waals surface area contributed by atoms with Gasteiger partial charge in [0.05, 0.1) is 11.0 Å². The second-order valence-electron chi connectivity index (χ2n) is 6.04. The molecule has 2 aromatic heterocycles. The quantitative estimate of drug-likeness (QED) is 0.751. The molecule has 0 fully saturated rings. The molecule has 0 spiro atoms. The summed E-state index contributed by atoms with van der Waals surface area (Å²) in [7, 11) is 0. The first-order chi connectivity index (χ1) is 12.1. The van der Waals surface area contributed by atoms with E-state index in [1.165, 1.54) is 0 Å². The third-order valence-electron chi connectivity index (χ3n) is 4.09. The SMILES string of the molecule is CCCn1c(=O)n(CCC(=O)Nc2cccc(C)n2)c2ccccc21. The van der Waals surface area contributed by atoms with Crippen LogP contribution in [0.25, 0.3) is 11.0 Å². The van der Waals surface area contributed by atoms with Gasteiger partial charge in [-0.1, -0.05) is 25.1 Å².